The van der Waals surface area contributed by atoms with Crippen molar-refractivity contribution >= 4 is 11.3 Å². The Kier molecular flexibility index (Phi) is 6.56. The van der Waals surface area contributed by atoms with Gasteiger partial charge in [-0.25, -0.2) is 4.98 Å². The summed E-state index contributed by atoms with van der Waals surface area (Å²) in [6.07, 6.45) is 2.87. The van der Waals surface area contributed by atoms with Gasteiger partial charge in [0.2, 0.25) is 0 Å². The van der Waals surface area contributed by atoms with Gasteiger partial charge < -0.3 is 4.74 Å². The first-order chi connectivity index (χ1) is 7.76. The summed E-state index contributed by atoms with van der Waals surface area (Å²) in [6.45, 7) is 5.70. The van der Waals surface area contributed by atoms with Gasteiger partial charge in [0.1, 0.15) is 0 Å². The molecule has 0 saturated heterocycles. The third-order valence-electron chi connectivity index (χ3n) is 2.28. The standard InChI is InChI=1S/C11H21N3OS/c1-3-5-15-6-4-10(14-12)7-11-13-9(2)8-16-11/h8,10,14H,3-7,12H2,1-2H3. The number of aromatic nitrogens is 1. The van der Waals surface area contributed by atoms with E-state index < -0.39 is 0 Å². The van der Waals surface area contributed by atoms with Crippen LogP contribution < -0.4 is 11.3 Å². The van der Waals surface area contributed by atoms with E-state index in [1.54, 1.807) is 11.3 Å². The molecule has 0 aliphatic carbocycles. The van der Waals surface area contributed by atoms with E-state index in [0.29, 0.717) is 0 Å². The van der Waals surface area contributed by atoms with Gasteiger partial charge in [-0.1, -0.05) is 6.92 Å². The number of nitrogens with one attached hydrogen (secondary N) is 1. The van der Waals surface area contributed by atoms with Crippen molar-refractivity contribution in [2.75, 3.05) is 13.2 Å². The zero-order valence-corrected chi connectivity index (χ0v) is 10.8. The fourth-order valence-electron chi connectivity index (χ4n) is 1.42. The summed E-state index contributed by atoms with van der Waals surface area (Å²) in [5, 5.41) is 3.20. The molecule has 0 amide bonds. The van der Waals surface area contributed by atoms with Crippen molar-refractivity contribution in [2.24, 2.45) is 5.84 Å². The molecule has 0 aliphatic rings. The molecule has 0 radical (unpaired) electrons. The lowest BCUT2D eigenvalue weighted by molar-refractivity contribution is 0.124. The molecule has 0 aromatic carbocycles. The van der Waals surface area contributed by atoms with Crippen LogP contribution in [0.4, 0.5) is 0 Å². The van der Waals surface area contributed by atoms with Gasteiger partial charge in [0, 0.05) is 36.8 Å². The van der Waals surface area contributed by atoms with Crippen LogP contribution in [0, 0.1) is 6.92 Å². The second kappa shape index (κ2) is 7.73. The zero-order valence-electron chi connectivity index (χ0n) is 10.0. The number of ether oxygens (including phenoxy) is 1. The first-order valence-corrected chi connectivity index (χ1v) is 6.59. The Labute approximate surface area is 101 Å². The molecule has 1 atom stereocenters. The maximum atomic E-state index is 5.51. The largest absolute Gasteiger partial charge is 0.381 e. The summed E-state index contributed by atoms with van der Waals surface area (Å²) < 4.78 is 5.45. The lowest BCUT2D eigenvalue weighted by atomic mass is 10.1. The van der Waals surface area contributed by atoms with E-state index in [2.05, 4.69) is 22.7 Å². The van der Waals surface area contributed by atoms with Crippen LogP contribution in [0.5, 0.6) is 0 Å². The summed E-state index contributed by atoms with van der Waals surface area (Å²) in [5.41, 5.74) is 3.90. The van der Waals surface area contributed by atoms with Crippen molar-refractivity contribution in [3.63, 3.8) is 0 Å². The second-order valence-corrected chi connectivity index (χ2v) is 4.79. The maximum absolute atomic E-state index is 5.51. The van der Waals surface area contributed by atoms with Crippen LogP contribution >= 0.6 is 11.3 Å². The van der Waals surface area contributed by atoms with Crippen molar-refractivity contribution in [1.29, 1.82) is 0 Å². The van der Waals surface area contributed by atoms with E-state index in [1.807, 2.05) is 6.92 Å². The Morgan fingerprint density at radius 3 is 2.94 bits per heavy atom. The van der Waals surface area contributed by atoms with Gasteiger partial charge in [-0.2, -0.15) is 0 Å². The maximum Gasteiger partial charge on any atom is 0.0944 e. The van der Waals surface area contributed by atoms with Crippen LogP contribution in [-0.2, 0) is 11.2 Å². The Balaban J connectivity index is 2.26. The normalized spacial score (nSPS) is 12.9. The van der Waals surface area contributed by atoms with E-state index >= 15 is 0 Å². The molecule has 5 heteroatoms. The molecule has 4 nitrogen and oxygen atoms in total. The van der Waals surface area contributed by atoms with E-state index in [9.17, 15) is 0 Å². The fourth-order valence-corrected chi connectivity index (χ4v) is 2.28. The quantitative estimate of drug-likeness (QED) is 0.414. The fraction of sp³-hybridized carbons (Fsp3) is 0.727. The highest BCUT2D eigenvalue weighted by molar-refractivity contribution is 7.09. The predicted octanol–water partition coefficient (Wildman–Crippen LogP) is 1.64. The summed E-state index contributed by atoms with van der Waals surface area (Å²) in [5.74, 6) is 5.51. The van der Waals surface area contributed by atoms with Crippen molar-refractivity contribution in [3.8, 4) is 0 Å². The smallest absolute Gasteiger partial charge is 0.0944 e. The molecule has 1 rings (SSSR count). The number of hydrogen-bond donors (Lipinski definition) is 2. The Morgan fingerprint density at radius 2 is 2.38 bits per heavy atom. The second-order valence-electron chi connectivity index (χ2n) is 3.85. The first kappa shape index (κ1) is 13.6. The molecule has 3 N–H and O–H groups in total. The molecule has 0 fully saturated rings. The summed E-state index contributed by atoms with van der Waals surface area (Å²) in [7, 11) is 0. The van der Waals surface area contributed by atoms with E-state index in [-0.39, 0.29) is 6.04 Å². The molecule has 1 aromatic heterocycles. The lowest BCUT2D eigenvalue weighted by Gasteiger charge is -2.14. The predicted molar refractivity (Wildman–Crippen MR) is 67.4 cm³/mol. The minimum absolute atomic E-state index is 0.252. The Morgan fingerprint density at radius 1 is 1.56 bits per heavy atom. The number of thiazole rings is 1. The first-order valence-electron chi connectivity index (χ1n) is 5.71. The van der Waals surface area contributed by atoms with E-state index in [0.717, 1.165) is 43.2 Å². The number of hydrazine groups is 1. The highest BCUT2D eigenvalue weighted by Crippen LogP contribution is 2.12. The SMILES string of the molecule is CCCOCCC(Cc1nc(C)cs1)NN. The number of aryl methyl sites for hydroxylation is 1. The van der Waals surface area contributed by atoms with Gasteiger partial charge in [-0.05, 0) is 19.8 Å². The lowest BCUT2D eigenvalue weighted by Crippen LogP contribution is -2.37. The van der Waals surface area contributed by atoms with Crippen molar-refractivity contribution < 1.29 is 4.74 Å². The molecular formula is C11H21N3OS. The molecule has 1 aromatic rings. The van der Waals surface area contributed by atoms with Crippen LogP contribution in [0.25, 0.3) is 0 Å². The zero-order chi connectivity index (χ0) is 11.8. The number of nitrogens with zero attached hydrogens (tertiary/aromatic N) is 1. The molecule has 92 valence electrons. The molecule has 1 heterocycles. The van der Waals surface area contributed by atoms with Gasteiger partial charge in [0.15, 0.2) is 0 Å². The van der Waals surface area contributed by atoms with Crippen LogP contribution in [0.3, 0.4) is 0 Å². The van der Waals surface area contributed by atoms with Crippen LogP contribution in [0.2, 0.25) is 0 Å². The minimum Gasteiger partial charge on any atom is -0.381 e. The van der Waals surface area contributed by atoms with Crippen LogP contribution in [0.1, 0.15) is 30.5 Å². The number of nitrogens with two attached hydrogens (primary N) is 1. The van der Waals surface area contributed by atoms with E-state index in [4.69, 9.17) is 10.6 Å². The molecular weight excluding hydrogens is 222 g/mol. The topological polar surface area (TPSA) is 60.2 Å². The van der Waals surface area contributed by atoms with Gasteiger partial charge >= 0.3 is 0 Å². The van der Waals surface area contributed by atoms with Gasteiger partial charge in [-0.3, -0.25) is 11.3 Å². The number of rotatable bonds is 8. The third-order valence-corrected chi connectivity index (χ3v) is 3.27. The summed E-state index contributed by atoms with van der Waals surface area (Å²) >= 11 is 1.69. The summed E-state index contributed by atoms with van der Waals surface area (Å²) in [6, 6.07) is 0.252. The Hall–Kier alpha value is -0.490. The molecule has 0 aliphatic heterocycles. The molecule has 0 spiro atoms. The van der Waals surface area contributed by atoms with Crippen molar-refractivity contribution in [2.45, 2.75) is 39.2 Å². The molecule has 1 unspecified atom stereocenters. The van der Waals surface area contributed by atoms with Gasteiger partial charge in [0.05, 0.1) is 5.01 Å². The highest BCUT2D eigenvalue weighted by atomic mass is 32.1. The minimum atomic E-state index is 0.252. The Bertz CT molecular complexity index is 291. The van der Waals surface area contributed by atoms with Crippen molar-refractivity contribution in [3.05, 3.63) is 16.1 Å². The van der Waals surface area contributed by atoms with Crippen LogP contribution in [-0.4, -0.2) is 24.2 Å². The van der Waals surface area contributed by atoms with Gasteiger partial charge in [-0.15, -0.1) is 11.3 Å². The molecule has 0 bridgehead atoms. The van der Waals surface area contributed by atoms with Crippen molar-refractivity contribution in [1.82, 2.24) is 10.4 Å². The molecule has 16 heavy (non-hydrogen) atoms. The van der Waals surface area contributed by atoms with E-state index in [1.165, 1.54) is 0 Å². The van der Waals surface area contributed by atoms with Gasteiger partial charge in [0.25, 0.3) is 0 Å². The van der Waals surface area contributed by atoms with Crippen LogP contribution in [0.15, 0.2) is 5.38 Å². The highest BCUT2D eigenvalue weighted by Gasteiger charge is 2.09. The molecule has 0 saturated carbocycles. The average molecular weight is 243 g/mol. The average Bonchev–Trinajstić information content (AvgIpc) is 2.68. The monoisotopic (exact) mass is 243 g/mol. The number of hydrogen-bond acceptors (Lipinski definition) is 5. The third kappa shape index (κ3) is 5.03. The summed E-state index contributed by atoms with van der Waals surface area (Å²) in [4.78, 5) is 4.42.